The SMILES string of the molecule is CCCCC\C=C/C=C\C=C/C=C\CCCCCCCC(=O)OCC(COC(=O)CCCCCCCCCCCC)OC(=O)CCCCCCCCC/C=C\CCCCCC. The van der Waals surface area contributed by atoms with Crippen molar-refractivity contribution in [1.82, 2.24) is 0 Å². The molecule has 0 aliphatic rings. The van der Waals surface area contributed by atoms with E-state index in [1.807, 2.05) is 0 Å². The van der Waals surface area contributed by atoms with Crippen molar-refractivity contribution in [1.29, 1.82) is 0 Å². The van der Waals surface area contributed by atoms with E-state index in [4.69, 9.17) is 14.2 Å². The first-order chi connectivity index (χ1) is 30.0. The van der Waals surface area contributed by atoms with Crippen LogP contribution in [-0.2, 0) is 28.6 Å². The van der Waals surface area contributed by atoms with Gasteiger partial charge in [-0.1, -0.05) is 223 Å². The van der Waals surface area contributed by atoms with Crippen LogP contribution in [0.3, 0.4) is 0 Å². The summed E-state index contributed by atoms with van der Waals surface area (Å²) in [4.78, 5) is 37.9. The molecule has 0 amide bonds. The second-order valence-electron chi connectivity index (χ2n) is 17.2. The molecule has 0 rings (SSSR count). The molecule has 0 N–H and O–H groups in total. The van der Waals surface area contributed by atoms with Crippen LogP contribution in [-0.4, -0.2) is 37.2 Å². The van der Waals surface area contributed by atoms with Gasteiger partial charge in [-0.15, -0.1) is 0 Å². The molecule has 0 aliphatic heterocycles. The van der Waals surface area contributed by atoms with Crippen molar-refractivity contribution in [3.63, 3.8) is 0 Å². The average molecular weight is 853 g/mol. The van der Waals surface area contributed by atoms with Gasteiger partial charge in [0, 0.05) is 19.3 Å². The van der Waals surface area contributed by atoms with E-state index in [1.165, 1.54) is 128 Å². The third-order valence-electron chi connectivity index (χ3n) is 11.1. The highest BCUT2D eigenvalue weighted by molar-refractivity contribution is 5.71. The quantitative estimate of drug-likeness (QED) is 0.0200. The molecule has 0 aromatic rings. The van der Waals surface area contributed by atoms with Crippen LogP contribution in [0.2, 0.25) is 0 Å². The zero-order valence-corrected chi connectivity index (χ0v) is 40.2. The highest BCUT2D eigenvalue weighted by atomic mass is 16.6. The van der Waals surface area contributed by atoms with Gasteiger partial charge in [0.2, 0.25) is 0 Å². The smallest absolute Gasteiger partial charge is 0.306 e. The van der Waals surface area contributed by atoms with Crippen LogP contribution < -0.4 is 0 Å². The van der Waals surface area contributed by atoms with Gasteiger partial charge >= 0.3 is 17.9 Å². The normalized spacial score (nSPS) is 12.5. The summed E-state index contributed by atoms with van der Waals surface area (Å²) in [7, 11) is 0. The maximum absolute atomic E-state index is 12.8. The fraction of sp³-hybridized carbons (Fsp3) is 0.764. The molecular formula is C55H96O6. The average Bonchev–Trinajstić information content (AvgIpc) is 3.26. The third kappa shape index (κ3) is 48.0. The molecular weight excluding hydrogens is 757 g/mol. The minimum Gasteiger partial charge on any atom is -0.462 e. The summed E-state index contributed by atoms with van der Waals surface area (Å²) in [5, 5.41) is 0. The van der Waals surface area contributed by atoms with Gasteiger partial charge in [0.15, 0.2) is 6.10 Å². The van der Waals surface area contributed by atoms with Crippen LogP contribution in [0, 0.1) is 0 Å². The number of rotatable bonds is 46. The van der Waals surface area contributed by atoms with Gasteiger partial charge in [-0.2, -0.15) is 0 Å². The minimum atomic E-state index is -0.783. The predicted octanol–water partition coefficient (Wildman–Crippen LogP) is 16.9. The highest BCUT2D eigenvalue weighted by Crippen LogP contribution is 2.14. The van der Waals surface area contributed by atoms with Gasteiger partial charge in [0.1, 0.15) is 13.2 Å². The van der Waals surface area contributed by atoms with E-state index in [1.54, 1.807) is 0 Å². The lowest BCUT2D eigenvalue weighted by Gasteiger charge is -2.18. The van der Waals surface area contributed by atoms with Crippen LogP contribution in [0.1, 0.15) is 252 Å². The van der Waals surface area contributed by atoms with E-state index in [2.05, 4.69) is 81.5 Å². The summed E-state index contributed by atoms with van der Waals surface area (Å²) in [6, 6.07) is 0. The maximum atomic E-state index is 12.8. The molecule has 0 spiro atoms. The largest absolute Gasteiger partial charge is 0.462 e. The van der Waals surface area contributed by atoms with Gasteiger partial charge in [-0.3, -0.25) is 14.4 Å². The lowest BCUT2D eigenvalue weighted by Crippen LogP contribution is -2.30. The first kappa shape index (κ1) is 58.1. The Labute approximate surface area is 377 Å². The highest BCUT2D eigenvalue weighted by Gasteiger charge is 2.19. The zero-order valence-electron chi connectivity index (χ0n) is 40.2. The van der Waals surface area contributed by atoms with Crippen LogP contribution in [0.5, 0.6) is 0 Å². The summed E-state index contributed by atoms with van der Waals surface area (Å²) >= 11 is 0. The fourth-order valence-corrected chi connectivity index (χ4v) is 7.15. The molecule has 0 bridgehead atoms. The van der Waals surface area contributed by atoms with Gasteiger partial charge in [0.25, 0.3) is 0 Å². The maximum Gasteiger partial charge on any atom is 0.306 e. The Morgan fingerprint density at radius 2 is 0.607 bits per heavy atom. The number of allylic oxidation sites excluding steroid dienone is 10. The van der Waals surface area contributed by atoms with Crippen LogP contribution in [0.15, 0.2) is 60.8 Å². The molecule has 0 aliphatic carbocycles. The molecule has 0 fully saturated rings. The van der Waals surface area contributed by atoms with Crippen LogP contribution >= 0.6 is 0 Å². The summed E-state index contributed by atoms with van der Waals surface area (Å²) in [5.74, 6) is -0.908. The predicted molar refractivity (Wildman–Crippen MR) is 261 cm³/mol. The summed E-state index contributed by atoms with van der Waals surface area (Å²) < 4.78 is 16.8. The van der Waals surface area contributed by atoms with Gasteiger partial charge in [-0.05, 0) is 70.6 Å². The van der Waals surface area contributed by atoms with Gasteiger partial charge in [0.05, 0.1) is 0 Å². The standard InChI is InChI=1S/C55H96O6/c1-4-7-10-13-16-19-22-24-26-27-28-30-31-33-36-39-42-45-48-54(57)60-51-52(50-59-53(56)47-44-41-38-35-21-18-15-12-9-6-3)61-55(58)49-46-43-40-37-34-32-29-25-23-20-17-14-11-8-5-2/h16,19-20,22-24,26-28,30,52H,4-15,17-18,21,25,29,31-51H2,1-3H3/b19-16-,23-20-,24-22-,27-26-,30-28-. The van der Waals surface area contributed by atoms with E-state index in [0.717, 1.165) is 83.5 Å². The number of hydrogen-bond acceptors (Lipinski definition) is 6. The zero-order chi connectivity index (χ0) is 44.4. The second kappa shape index (κ2) is 49.8. The molecule has 0 saturated heterocycles. The van der Waals surface area contributed by atoms with E-state index >= 15 is 0 Å². The molecule has 6 nitrogen and oxygen atoms in total. The summed E-state index contributed by atoms with van der Waals surface area (Å²) in [6.07, 6.45) is 60.5. The Morgan fingerprint density at radius 1 is 0.328 bits per heavy atom. The Bertz CT molecular complexity index is 1120. The number of esters is 3. The number of carbonyl (C=O) groups excluding carboxylic acids is 3. The lowest BCUT2D eigenvalue weighted by molar-refractivity contribution is -0.167. The van der Waals surface area contributed by atoms with Gasteiger partial charge < -0.3 is 14.2 Å². The van der Waals surface area contributed by atoms with Crippen LogP contribution in [0.25, 0.3) is 0 Å². The molecule has 1 unspecified atom stereocenters. The van der Waals surface area contributed by atoms with Crippen molar-refractivity contribution >= 4 is 17.9 Å². The third-order valence-corrected chi connectivity index (χ3v) is 11.1. The molecule has 0 aromatic carbocycles. The fourth-order valence-electron chi connectivity index (χ4n) is 7.15. The first-order valence-corrected chi connectivity index (χ1v) is 25.8. The Balaban J connectivity index is 4.40. The van der Waals surface area contributed by atoms with E-state index in [9.17, 15) is 14.4 Å². The van der Waals surface area contributed by atoms with Gasteiger partial charge in [-0.25, -0.2) is 0 Å². The molecule has 1 atom stereocenters. The monoisotopic (exact) mass is 853 g/mol. The van der Waals surface area contributed by atoms with E-state index in [0.29, 0.717) is 19.3 Å². The lowest BCUT2D eigenvalue weighted by atomic mass is 10.1. The van der Waals surface area contributed by atoms with Crippen molar-refractivity contribution < 1.29 is 28.6 Å². The summed E-state index contributed by atoms with van der Waals surface area (Å²) in [5.41, 5.74) is 0. The van der Waals surface area contributed by atoms with Crippen molar-refractivity contribution in [2.24, 2.45) is 0 Å². The van der Waals surface area contributed by atoms with Crippen molar-refractivity contribution in [3.8, 4) is 0 Å². The van der Waals surface area contributed by atoms with Crippen LogP contribution in [0.4, 0.5) is 0 Å². The molecule has 6 heteroatoms. The second-order valence-corrected chi connectivity index (χ2v) is 17.2. The number of unbranched alkanes of at least 4 members (excludes halogenated alkanes) is 28. The molecule has 0 aromatic heterocycles. The number of carbonyl (C=O) groups is 3. The Morgan fingerprint density at radius 3 is 1.02 bits per heavy atom. The molecule has 352 valence electrons. The molecule has 0 saturated carbocycles. The molecule has 0 heterocycles. The minimum absolute atomic E-state index is 0.0822. The number of hydrogen-bond donors (Lipinski definition) is 0. The molecule has 0 radical (unpaired) electrons. The van der Waals surface area contributed by atoms with E-state index < -0.39 is 6.10 Å². The van der Waals surface area contributed by atoms with Crippen molar-refractivity contribution in [3.05, 3.63) is 60.8 Å². The summed E-state index contributed by atoms with van der Waals surface area (Å²) in [6.45, 7) is 6.56. The van der Waals surface area contributed by atoms with Crippen molar-refractivity contribution in [2.45, 2.75) is 258 Å². The topological polar surface area (TPSA) is 78.9 Å². The number of ether oxygens (including phenoxy) is 3. The first-order valence-electron chi connectivity index (χ1n) is 25.8. The van der Waals surface area contributed by atoms with Crippen molar-refractivity contribution in [2.75, 3.05) is 13.2 Å². The van der Waals surface area contributed by atoms with E-state index in [-0.39, 0.29) is 31.1 Å². The molecule has 61 heavy (non-hydrogen) atoms. The Hall–Kier alpha value is -2.89. The Kier molecular flexibility index (Phi) is 47.4.